The average Bonchev–Trinajstić information content (AvgIpc) is 3.15. The summed E-state index contributed by atoms with van der Waals surface area (Å²) in [6, 6.07) is 2.16. The van der Waals surface area contributed by atoms with Crippen molar-refractivity contribution in [2.24, 2.45) is 11.3 Å². The second kappa shape index (κ2) is 6.56. The molecule has 1 amide bonds. The number of carbonyl (C=O) groups is 1. The van der Waals surface area contributed by atoms with Crippen molar-refractivity contribution in [1.82, 2.24) is 9.97 Å². The summed E-state index contributed by atoms with van der Waals surface area (Å²) in [5.74, 6) is 0.426. The summed E-state index contributed by atoms with van der Waals surface area (Å²) in [5.41, 5.74) is 10.5. The molecule has 0 aromatic carbocycles. The summed E-state index contributed by atoms with van der Waals surface area (Å²) in [7, 11) is 0. The summed E-state index contributed by atoms with van der Waals surface area (Å²) < 4.78 is 0. The number of nitrogens with two attached hydrogens (primary N) is 1. The van der Waals surface area contributed by atoms with Crippen LogP contribution in [0.5, 0.6) is 0 Å². The largest absolute Gasteiger partial charge is 0.397 e. The summed E-state index contributed by atoms with van der Waals surface area (Å²) in [5, 5.41) is 6.25. The Morgan fingerprint density at radius 2 is 2.11 bits per heavy atom. The maximum absolute atomic E-state index is 12.7. The van der Waals surface area contributed by atoms with Crippen molar-refractivity contribution in [3.8, 4) is 0 Å². The first kappa shape index (κ1) is 18.4. The Bertz CT molecular complexity index is 1030. The van der Waals surface area contributed by atoms with E-state index in [-0.39, 0.29) is 11.3 Å². The van der Waals surface area contributed by atoms with Crippen molar-refractivity contribution in [2.75, 3.05) is 11.1 Å². The molecule has 3 heterocycles. The molecule has 0 bridgehead atoms. The second-order valence-corrected chi connectivity index (χ2v) is 10.2. The van der Waals surface area contributed by atoms with Gasteiger partial charge in [0.05, 0.1) is 11.4 Å². The molecule has 1 unspecified atom stereocenters. The van der Waals surface area contributed by atoms with E-state index in [0.29, 0.717) is 21.6 Å². The number of anilines is 2. The Morgan fingerprint density at radius 3 is 2.78 bits per heavy atom. The smallest absolute Gasteiger partial charge is 0.269 e. The third-order valence-corrected chi connectivity index (χ3v) is 7.35. The highest BCUT2D eigenvalue weighted by Gasteiger charge is 2.30. The first-order chi connectivity index (χ1) is 12.7. The number of pyridine rings is 1. The number of aryl methyl sites for hydroxylation is 2. The maximum Gasteiger partial charge on any atom is 0.269 e. The molecule has 3 N–H and O–H groups in total. The molecule has 27 heavy (non-hydrogen) atoms. The Hall–Kier alpha value is -1.99. The van der Waals surface area contributed by atoms with E-state index in [1.54, 1.807) is 0 Å². The van der Waals surface area contributed by atoms with E-state index < -0.39 is 0 Å². The standard InChI is InChI=1S/C20H24N4OS2/c1-10-9-26-19(22-10)24-17(25)16-15(21)13-8-11-7-12(20(2,3)4)5-6-14(11)23-18(13)27-16/h8-9,12H,5-7,21H2,1-4H3,(H,22,24,25). The lowest BCUT2D eigenvalue weighted by Crippen LogP contribution is -2.27. The minimum absolute atomic E-state index is 0.213. The molecule has 3 aromatic heterocycles. The molecule has 4 rings (SSSR count). The second-order valence-electron chi connectivity index (χ2n) is 8.35. The Morgan fingerprint density at radius 1 is 1.33 bits per heavy atom. The van der Waals surface area contributed by atoms with Gasteiger partial charge in [0.25, 0.3) is 5.91 Å². The number of aromatic nitrogens is 2. The number of hydrogen-bond donors (Lipinski definition) is 2. The van der Waals surface area contributed by atoms with Crippen LogP contribution in [0.3, 0.4) is 0 Å². The predicted octanol–water partition coefficient (Wildman–Crippen LogP) is 5.05. The van der Waals surface area contributed by atoms with Gasteiger partial charge >= 0.3 is 0 Å². The number of amides is 1. The van der Waals surface area contributed by atoms with Crippen molar-refractivity contribution in [2.45, 2.75) is 47.0 Å². The van der Waals surface area contributed by atoms with Crippen LogP contribution in [0.15, 0.2) is 11.4 Å². The molecule has 0 aliphatic heterocycles. The van der Waals surface area contributed by atoms with Crippen LogP contribution in [0.2, 0.25) is 0 Å². The molecule has 0 saturated carbocycles. The van der Waals surface area contributed by atoms with Gasteiger partial charge in [0.15, 0.2) is 5.13 Å². The van der Waals surface area contributed by atoms with Crippen molar-refractivity contribution in [3.05, 3.63) is 33.3 Å². The minimum atomic E-state index is -0.213. The summed E-state index contributed by atoms with van der Waals surface area (Å²) >= 11 is 2.78. The summed E-state index contributed by atoms with van der Waals surface area (Å²) in [6.07, 6.45) is 3.18. The number of carbonyl (C=O) groups excluding carboxylic acids is 1. The van der Waals surface area contributed by atoms with Gasteiger partial charge in [0, 0.05) is 16.5 Å². The first-order valence-electron chi connectivity index (χ1n) is 9.16. The van der Waals surface area contributed by atoms with Crippen LogP contribution in [0.25, 0.3) is 10.2 Å². The van der Waals surface area contributed by atoms with Gasteiger partial charge < -0.3 is 5.73 Å². The highest BCUT2D eigenvalue weighted by Crippen LogP contribution is 2.40. The molecular weight excluding hydrogens is 376 g/mol. The summed E-state index contributed by atoms with van der Waals surface area (Å²) in [4.78, 5) is 23.2. The van der Waals surface area contributed by atoms with E-state index in [1.807, 2.05) is 12.3 Å². The highest BCUT2D eigenvalue weighted by molar-refractivity contribution is 7.21. The zero-order valence-corrected chi connectivity index (χ0v) is 17.7. The van der Waals surface area contributed by atoms with Crippen molar-refractivity contribution in [3.63, 3.8) is 0 Å². The van der Waals surface area contributed by atoms with Crippen LogP contribution < -0.4 is 11.1 Å². The summed E-state index contributed by atoms with van der Waals surface area (Å²) in [6.45, 7) is 8.81. The van der Waals surface area contributed by atoms with E-state index in [1.165, 1.54) is 28.2 Å². The fourth-order valence-electron chi connectivity index (χ4n) is 3.66. The van der Waals surface area contributed by atoms with Crippen LogP contribution in [0.4, 0.5) is 10.8 Å². The monoisotopic (exact) mass is 400 g/mol. The van der Waals surface area contributed by atoms with Crippen molar-refractivity contribution < 1.29 is 4.79 Å². The first-order valence-corrected chi connectivity index (χ1v) is 10.9. The van der Waals surface area contributed by atoms with Gasteiger partial charge in [-0.25, -0.2) is 9.97 Å². The number of nitrogens with one attached hydrogen (secondary N) is 1. The van der Waals surface area contributed by atoms with Gasteiger partial charge in [-0.05, 0) is 49.1 Å². The number of hydrogen-bond acceptors (Lipinski definition) is 6. The molecule has 0 radical (unpaired) electrons. The number of fused-ring (bicyclic) bond motifs is 2. The number of nitrogen functional groups attached to an aromatic ring is 1. The van der Waals surface area contributed by atoms with Crippen molar-refractivity contribution >= 4 is 49.6 Å². The third kappa shape index (κ3) is 3.46. The lowest BCUT2D eigenvalue weighted by atomic mass is 9.71. The molecule has 0 fully saturated rings. The number of rotatable bonds is 2. The molecule has 3 aromatic rings. The van der Waals surface area contributed by atoms with Crippen molar-refractivity contribution in [1.29, 1.82) is 0 Å². The van der Waals surface area contributed by atoms with E-state index in [4.69, 9.17) is 10.7 Å². The molecule has 1 atom stereocenters. The number of thiazole rings is 1. The SMILES string of the molecule is Cc1csc(NC(=O)c2sc3nc4c(cc3c2N)CC(C(C)(C)C)CC4)n1. The molecule has 5 nitrogen and oxygen atoms in total. The Balaban J connectivity index is 1.67. The van der Waals surface area contributed by atoms with Gasteiger partial charge in [-0.2, -0.15) is 0 Å². The average molecular weight is 401 g/mol. The van der Waals surface area contributed by atoms with E-state index in [0.717, 1.165) is 40.9 Å². The van der Waals surface area contributed by atoms with E-state index in [9.17, 15) is 4.79 Å². The number of thiophene rings is 1. The van der Waals surface area contributed by atoms with Gasteiger partial charge in [-0.3, -0.25) is 10.1 Å². The lowest BCUT2D eigenvalue weighted by Gasteiger charge is -2.34. The topological polar surface area (TPSA) is 80.9 Å². The molecule has 0 saturated heterocycles. The van der Waals surface area contributed by atoms with Gasteiger partial charge in [0.2, 0.25) is 0 Å². The maximum atomic E-state index is 12.7. The predicted molar refractivity (Wildman–Crippen MR) is 114 cm³/mol. The molecule has 1 aliphatic rings. The minimum Gasteiger partial charge on any atom is -0.397 e. The third-order valence-electron chi connectivity index (χ3n) is 5.36. The molecule has 142 valence electrons. The van der Waals surface area contributed by atoms with Gasteiger partial charge in [-0.1, -0.05) is 20.8 Å². The number of nitrogens with zero attached hydrogens (tertiary/aromatic N) is 2. The normalized spacial score (nSPS) is 17.1. The van der Waals surface area contributed by atoms with E-state index >= 15 is 0 Å². The zero-order chi connectivity index (χ0) is 19.3. The Kier molecular flexibility index (Phi) is 4.47. The van der Waals surface area contributed by atoms with Crippen LogP contribution in [0, 0.1) is 18.3 Å². The molecule has 1 aliphatic carbocycles. The fraction of sp³-hybridized carbons (Fsp3) is 0.450. The molecular formula is C20H24N4OS2. The Labute approximate surface area is 167 Å². The van der Waals surface area contributed by atoms with Gasteiger partial charge in [0.1, 0.15) is 9.71 Å². The van der Waals surface area contributed by atoms with Crippen LogP contribution in [-0.2, 0) is 12.8 Å². The van der Waals surface area contributed by atoms with Crippen LogP contribution in [0.1, 0.15) is 53.8 Å². The molecule has 7 heteroatoms. The van der Waals surface area contributed by atoms with Crippen LogP contribution >= 0.6 is 22.7 Å². The molecule has 0 spiro atoms. The zero-order valence-electron chi connectivity index (χ0n) is 16.0. The van der Waals surface area contributed by atoms with Crippen LogP contribution in [-0.4, -0.2) is 15.9 Å². The fourth-order valence-corrected chi connectivity index (χ4v) is 5.34. The highest BCUT2D eigenvalue weighted by atomic mass is 32.1. The quantitative estimate of drug-likeness (QED) is 0.631. The lowest BCUT2D eigenvalue weighted by molar-refractivity contribution is 0.103. The van der Waals surface area contributed by atoms with Gasteiger partial charge in [-0.15, -0.1) is 22.7 Å². The van der Waals surface area contributed by atoms with E-state index in [2.05, 4.69) is 37.1 Å².